The molecule has 3 aliphatic heterocycles. The maximum atomic E-state index is 13.2. The van der Waals surface area contributed by atoms with Gasteiger partial charge in [-0.05, 0) is 45.3 Å². The summed E-state index contributed by atoms with van der Waals surface area (Å²) in [6.07, 6.45) is 6.64. The van der Waals surface area contributed by atoms with E-state index in [0.717, 1.165) is 23.1 Å². The molecule has 0 radical (unpaired) electrons. The Hall–Kier alpha value is -2.56. The fourth-order valence-corrected chi connectivity index (χ4v) is 4.07. The zero-order chi connectivity index (χ0) is 23.1. The number of ketones is 1. The molecular weight excluding hydrogens is 392 g/mol. The van der Waals surface area contributed by atoms with Crippen LogP contribution in [-0.4, -0.2) is 23.5 Å². The Morgan fingerprint density at radius 3 is 2.45 bits per heavy atom. The fourth-order valence-electron chi connectivity index (χ4n) is 4.07. The Labute approximate surface area is 185 Å². The van der Waals surface area contributed by atoms with Gasteiger partial charge in [0.25, 0.3) is 0 Å². The van der Waals surface area contributed by atoms with E-state index >= 15 is 0 Å². The summed E-state index contributed by atoms with van der Waals surface area (Å²) < 4.78 is 18.2. The molecule has 0 aliphatic carbocycles. The molecular formula is C26H34O5. The van der Waals surface area contributed by atoms with E-state index in [-0.39, 0.29) is 23.7 Å². The van der Waals surface area contributed by atoms with Crippen LogP contribution in [0.2, 0.25) is 0 Å². The summed E-state index contributed by atoms with van der Waals surface area (Å²) in [5.41, 5.74) is 2.35. The number of carbonyl (C=O) groups is 2. The van der Waals surface area contributed by atoms with E-state index in [9.17, 15) is 9.59 Å². The van der Waals surface area contributed by atoms with Gasteiger partial charge in [0, 0.05) is 18.1 Å². The zero-order valence-corrected chi connectivity index (χ0v) is 19.9. The molecule has 1 aromatic carbocycles. The van der Waals surface area contributed by atoms with Gasteiger partial charge in [0.05, 0.1) is 11.5 Å². The molecule has 31 heavy (non-hydrogen) atoms. The number of hydrogen-bond acceptors (Lipinski definition) is 5. The third kappa shape index (κ3) is 4.02. The van der Waals surface area contributed by atoms with Crippen LogP contribution >= 0.6 is 0 Å². The lowest BCUT2D eigenvalue weighted by molar-refractivity contribution is -0.129. The number of fused-ring (bicyclic) bond motifs is 6. The van der Waals surface area contributed by atoms with E-state index in [1.54, 1.807) is 6.08 Å². The fraction of sp³-hybridized carbons (Fsp3) is 0.538. The van der Waals surface area contributed by atoms with Gasteiger partial charge in [-0.25, -0.2) is 4.79 Å². The Kier molecular flexibility index (Phi) is 6.35. The topological polar surface area (TPSA) is 61.8 Å². The molecule has 4 rings (SSSR count). The molecule has 0 spiro atoms. The first-order chi connectivity index (χ1) is 14.6. The molecule has 2 unspecified atom stereocenters. The Morgan fingerprint density at radius 1 is 1.13 bits per heavy atom. The van der Waals surface area contributed by atoms with Crippen molar-refractivity contribution in [3.8, 4) is 17.2 Å². The monoisotopic (exact) mass is 426 g/mol. The number of benzene rings is 1. The molecule has 5 nitrogen and oxygen atoms in total. The third-order valence-corrected chi connectivity index (χ3v) is 6.31. The number of ether oxygens (including phenoxy) is 3. The van der Waals surface area contributed by atoms with Crippen LogP contribution in [-0.2, 0) is 11.2 Å². The van der Waals surface area contributed by atoms with Crippen LogP contribution in [0.5, 0.6) is 17.2 Å². The second-order valence-corrected chi connectivity index (χ2v) is 8.90. The number of rotatable bonds is 2. The minimum Gasteiger partial charge on any atom is -0.488 e. The van der Waals surface area contributed by atoms with Gasteiger partial charge >= 0.3 is 5.97 Å². The first-order valence-corrected chi connectivity index (χ1v) is 11.4. The van der Waals surface area contributed by atoms with Crippen molar-refractivity contribution in [3.63, 3.8) is 0 Å². The summed E-state index contributed by atoms with van der Waals surface area (Å²) >= 11 is 0. The molecule has 3 aliphatic rings. The van der Waals surface area contributed by atoms with Crippen molar-refractivity contribution in [2.24, 2.45) is 11.8 Å². The van der Waals surface area contributed by atoms with Gasteiger partial charge in [-0.2, -0.15) is 0 Å². The Balaban J connectivity index is 0.00000132. The zero-order valence-electron chi connectivity index (χ0n) is 19.9. The predicted molar refractivity (Wildman–Crippen MR) is 122 cm³/mol. The lowest BCUT2D eigenvalue weighted by Gasteiger charge is -2.36. The van der Waals surface area contributed by atoms with Gasteiger partial charge in [0.2, 0.25) is 0 Å². The number of allylic oxidation sites excluding steroid dienone is 1. The maximum absolute atomic E-state index is 13.2. The maximum Gasteiger partial charge on any atom is 0.336 e. The highest BCUT2D eigenvalue weighted by Gasteiger charge is 2.42. The van der Waals surface area contributed by atoms with E-state index in [1.807, 2.05) is 53.7 Å². The van der Waals surface area contributed by atoms with Crippen LogP contribution in [0.25, 0.3) is 6.08 Å². The van der Waals surface area contributed by atoms with Crippen LogP contribution in [0, 0.1) is 11.8 Å². The van der Waals surface area contributed by atoms with E-state index < -0.39 is 11.6 Å². The first kappa shape index (κ1) is 23.1. The minimum atomic E-state index is -0.511. The van der Waals surface area contributed by atoms with E-state index in [4.69, 9.17) is 14.2 Å². The summed E-state index contributed by atoms with van der Waals surface area (Å²) in [6.45, 7) is 15.9. The molecule has 168 valence electrons. The van der Waals surface area contributed by atoms with Crippen LogP contribution in [0.3, 0.4) is 0 Å². The molecule has 0 aromatic heterocycles. The van der Waals surface area contributed by atoms with E-state index in [0.29, 0.717) is 29.2 Å². The molecule has 0 bridgehead atoms. The lowest BCUT2D eigenvalue weighted by Crippen LogP contribution is -2.36. The summed E-state index contributed by atoms with van der Waals surface area (Å²) in [5.74, 6) is 0.789. The SMILES string of the molecule is CC.CCC(C)C1=CC(=O)Oc2c(c3c(c4c2C(=O)C(C)[C@@H](C)O4)C=CC(C)(C)O3)C1. The summed E-state index contributed by atoms with van der Waals surface area (Å²) in [7, 11) is 0. The van der Waals surface area contributed by atoms with Gasteiger partial charge in [0.1, 0.15) is 28.8 Å². The van der Waals surface area contributed by atoms with Gasteiger partial charge in [-0.3, -0.25) is 4.79 Å². The molecule has 0 N–H and O–H groups in total. The van der Waals surface area contributed by atoms with E-state index in [2.05, 4.69) is 13.8 Å². The van der Waals surface area contributed by atoms with Gasteiger partial charge in [-0.1, -0.05) is 40.2 Å². The highest BCUT2D eigenvalue weighted by Crippen LogP contribution is 2.52. The molecule has 5 heteroatoms. The largest absolute Gasteiger partial charge is 0.488 e. The molecule has 0 saturated carbocycles. The molecule has 0 fully saturated rings. The summed E-state index contributed by atoms with van der Waals surface area (Å²) in [6, 6.07) is 0. The lowest BCUT2D eigenvalue weighted by atomic mass is 9.84. The highest BCUT2D eigenvalue weighted by molar-refractivity contribution is 6.07. The van der Waals surface area contributed by atoms with Crippen molar-refractivity contribution in [2.75, 3.05) is 0 Å². The van der Waals surface area contributed by atoms with Crippen molar-refractivity contribution in [2.45, 2.75) is 79.9 Å². The summed E-state index contributed by atoms with van der Waals surface area (Å²) in [4.78, 5) is 25.9. The second-order valence-electron chi connectivity index (χ2n) is 8.90. The standard InChI is InChI=1S/C24H28O5.C2H6/c1-7-12(2)15-10-17-21-16(8-9-24(5,6)29-21)22-19(23(17)28-18(25)11-15)20(26)13(3)14(4)27-22;1-2/h8-9,11-14H,7,10H2,1-6H3;1-2H3/t12?,13?,14-;/m1./s1. The first-order valence-electron chi connectivity index (χ1n) is 11.4. The predicted octanol–water partition coefficient (Wildman–Crippen LogP) is 5.93. The van der Waals surface area contributed by atoms with Crippen molar-refractivity contribution in [1.29, 1.82) is 0 Å². The van der Waals surface area contributed by atoms with Gasteiger partial charge in [0.15, 0.2) is 11.5 Å². The van der Waals surface area contributed by atoms with Crippen molar-refractivity contribution < 1.29 is 23.8 Å². The van der Waals surface area contributed by atoms with Crippen LogP contribution in [0.15, 0.2) is 17.7 Å². The Bertz CT molecular complexity index is 967. The van der Waals surface area contributed by atoms with Crippen molar-refractivity contribution >= 4 is 17.8 Å². The number of carbonyl (C=O) groups excluding carboxylic acids is 2. The van der Waals surface area contributed by atoms with Crippen LogP contribution < -0.4 is 14.2 Å². The molecule has 3 atom stereocenters. The van der Waals surface area contributed by atoms with Crippen LogP contribution in [0.1, 0.15) is 83.3 Å². The summed E-state index contributed by atoms with van der Waals surface area (Å²) in [5, 5.41) is 0. The van der Waals surface area contributed by atoms with Gasteiger partial charge in [-0.15, -0.1) is 0 Å². The Morgan fingerprint density at radius 2 is 1.81 bits per heavy atom. The molecule has 3 heterocycles. The molecule has 0 saturated heterocycles. The van der Waals surface area contributed by atoms with Crippen molar-refractivity contribution in [1.82, 2.24) is 0 Å². The number of esters is 1. The quantitative estimate of drug-likeness (QED) is 0.433. The van der Waals surface area contributed by atoms with Crippen LogP contribution in [0.4, 0.5) is 0 Å². The highest BCUT2D eigenvalue weighted by atomic mass is 16.5. The van der Waals surface area contributed by atoms with Crippen molar-refractivity contribution in [3.05, 3.63) is 34.4 Å². The third-order valence-electron chi connectivity index (χ3n) is 6.31. The second kappa shape index (κ2) is 8.52. The minimum absolute atomic E-state index is 0.0594. The number of Topliss-reactive ketones (excluding diaryl/α,β-unsaturated/α-hetero) is 1. The average molecular weight is 427 g/mol. The smallest absolute Gasteiger partial charge is 0.336 e. The number of hydrogen-bond donors (Lipinski definition) is 0. The van der Waals surface area contributed by atoms with Gasteiger partial charge < -0.3 is 14.2 Å². The van der Waals surface area contributed by atoms with E-state index in [1.165, 1.54) is 0 Å². The average Bonchev–Trinajstić information content (AvgIpc) is 2.91. The normalized spacial score (nSPS) is 23.9. The molecule has 0 amide bonds. The molecule has 1 aromatic rings.